The number of ether oxygens (including phenoxy) is 2. The number of ketones is 1. The summed E-state index contributed by atoms with van der Waals surface area (Å²) in [6, 6.07) is 6.85. The van der Waals surface area contributed by atoms with E-state index in [1.165, 1.54) is 25.8 Å². The van der Waals surface area contributed by atoms with Gasteiger partial charge in [0.2, 0.25) is 5.78 Å². The maximum Gasteiger partial charge on any atom is 0.339 e. The van der Waals surface area contributed by atoms with Crippen molar-refractivity contribution < 1.29 is 23.9 Å². The molecule has 0 spiro atoms. The van der Waals surface area contributed by atoms with Gasteiger partial charge in [0.15, 0.2) is 6.10 Å². The molecule has 2 aromatic heterocycles. The van der Waals surface area contributed by atoms with E-state index in [0.29, 0.717) is 27.7 Å². The first-order chi connectivity index (χ1) is 14.6. The quantitative estimate of drug-likeness (QED) is 0.474. The Kier molecular flexibility index (Phi) is 6.05. The lowest BCUT2D eigenvalue weighted by Crippen LogP contribution is -2.27. The molecule has 0 bridgehead atoms. The molecule has 1 aromatic carbocycles. The second-order valence-corrected chi connectivity index (χ2v) is 7.21. The minimum absolute atomic E-state index is 0.184. The zero-order chi connectivity index (χ0) is 22.9. The van der Waals surface area contributed by atoms with Crippen LogP contribution in [0.25, 0.3) is 10.8 Å². The molecule has 0 fully saturated rings. The number of nitrogens with zero attached hydrogens (tertiary/aromatic N) is 2. The number of rotatable bonds is 6. The van der Waals surface area contributed by atoms with Crippen LogP contribution in [0.5, 0.6) is 0 Å². The van der Waals surface area contributed by atoms with E-state index >= 15 is 0 Å². The van der Waals surface area contributed by atoms with Gasteiger partial charge in [-0.1, -0.05) is 18.2 Å². The van der Waals surface area contributed by atoms with Gasteiger partial charge in [0.25, 0.3) is 5.56 Å². The first kappa shape index (κ1) is 21.9. The van der Waals surface area contributed by atoms with Gasteiger partial charge in [-0.3, -0.25) is 14.4 Å². The zero-order valence-electron chi connectivity index (χ0n) is 17.9. The summed E-state index contributed by atoms with van der Waals surface area (Å²) in [4.78, 5) is 52.4. The van der Waals surface area contributed by atoms with Crippen LogP contribution in [0, 0.1) is 13.8 Å². The number of carbonyl (C=O) groups excluding carboxylic acids is 3. The van der Waals surface area contributed by atoms with Gasteiger partial charge in [0, 0.05) is 18.1 Å². The van der Waals surface area contributed by atoms with Gasteiger partial charge in [0.05, 0.1) is 35.9 Å². The number of methoxy groups -OCH3 is 1. The van der Waals surface area contributed by atoms with Crippen LogP contribution in [0.3, 0.4) is 0 Å². The summed E-state index contributed by atoms with van der Waals surface area (Å²) in [5.41, 5.74) is 1.50. The second-order valence-electron chi connectivity index (χ2n) is 7.21. The van der Waals surface area contributed by atoms with Crippen LogP contribution >= 0.6 is 0 Å². The molecule has 0 saturated heterocycles. The Morgan fingerprint density at radius 3 is 2.45 bits per heavy atom. The van der Waals surface area contributed by atoms with E-state index in [4.69, 9.17) is 9.47 Å². The molecule has 0 radical (unpaired) electrons. The van der Waals surface area contributed by atoms with Gasteiger partial charge in [-0.2, -0.15) is 5.10 Å². The Balaban J connectivity index is 1.80. The van der Waals surface area contributed by atoms with Gasteiger partial charge in [-0.25, -0.2) is 9.48 Å². The number of aromatic nitrogens is 3. The highest BCUT2D eigenvalue weighted by atomic mass is 16.5. The Hall–Kier alpha value is -3.75. The fourth-order valence-corrected chi connectivity index (χ4v) is 3.54. The zero-order valence-corrected chi connectivity index (χ0v) is 17.9. The number of Topliss-reactive ketones (excluding diaryl/α,β-unsaturated/α-hetero) is 1. The van der Waals surface area contributed by atoms with E-state index < -0.39 is 23.8 Å². The fourth-order valence-electron chi connectivity index (χ4n) is 3.54. The van der Waals surface area contributed by atoms with Crippen molar-refractivity contribution in [3.63, 3.8) is 0 Å². The maximum atomic E-state index is 12.8. The van der Waals surface area contributed by atoms with Crippen molar-refractivity contribution in [3.05, 3.63) is 62.8 Å². The van der Waals surface area contributed by atoms with Crippen LogP contribution in [0.4, 0.5) is 0 Å². The van der Waals surface area contributed by atoms with E-state index in [9.17, 15) is 19.2 Å². The summed E-state index contributed by atoms with van der Waals surface area (Å²) in [6.45, 7) is 4.74. The van der Waals surface area contributed by atoms with Crippen molar-refractivity contribution in [1.82, 2.24) is 14.8 Å². The predicted octanol–water partition coefficient (Wildman–Crippen LogP) is 2.02. The van der Waals surface area contributed by atoms with Crippen molar-refractivity contribution in [3.8, 4) is 0 Å². The smallest absolute Gasteiger partial charge is 0.339 e. The number of hydrogen-bond donors (Lipinski definition) is 1. The number of esters is 2. The van der Waals surface area contributed by atoms with Crippen molar-refractivity contribution in [2.45, 2.75) is 33.3 Å². The predicted molar refractivity (Wildman–Crippen MR) is 112 cm³/mol. The van der Waals surface area contributed by atoms with E-state index in [0.717, 1.165) is 0 Å². The molecule has 1 N–H and O–H groups in total. The first-order valence-electron chi connectivity index (χ1n) is 9.61. The Bertz CT molecular complexity index is 1250. The van der Waals surface area contributed by atoms with Crippen molar-refractivity contribution in [1.29, 1.82) is 0 Å². The molecule has 0 saturated carbocycles. The number of hydrogen-bond acceptors (Lipinski definition) is 7. The van der Waals surface area contributed by atoms with Gasteiger partial charge in [-0.15, -0.1) is 0 Å². The molecule has 162 valence electrons. The minimum atomic E-state index is -1.09. The summed E-state index contributed by atoms with van der Waals surface area (Å²) in [5.74, 6) is -1.68. The number of nitrogens with one attached hydrogen (secondary N) is 1. The number of H-pyrrole nitrogens is 1. The first-order valence-corrected chi connectivity index (χ1v) is 9.61. The molecule has 31 heavy (non-hydrogen) atoms. The van der Waals surface area contributed by atoms with E-state index in [2.05, 4.69) is 10.1 Å². The lowest BCUT2D eigenvalue weighted by Gasteiger charge is -2.13. The van der Waals surface area contributed by atoms with Crippen LogP contribution in [-0.2, 0) is 27.7 Å². The van der Waals surface area contributed by atoms with Crippen molar-refractivity contribution >= 4 is 28.5 Å². The van der Waals surface area contributed by atoms with Gasteiger partial charge in [0.1, 0.15) is 0 Å². The average molecular weight is 425 g/mol. The third-order valence-electron chi connectivity index (χ3n) is 5.10. The Labute approximate surface area is 178 Å². The molecule has 0 aliphatic carbocycles. The summed E-state index contributed by atoms with van der Waals surface area (Å²) in [5, 5.41) is 5.17. The van der Waals surface area contributed by atoms with Crippen LogP contribution in [0.15, 0.2) is 29.1 Å². The summed E-state index contributed by atoms with van der Waals surface area (Å²) in [6.07, 6.45) is -1.30. The number of carbonyl (C=O) groups is 3. The molecule has 0 amide bonds. The summed E-state index contributed by atoms with van der Waals surface area (Å²) < 4.78 is 11.2. The normalized spacial score (nSPS) is 11.9. The number of aryl methyl sites for hydroxylation is 2. The molecule has 3 rings (SSSR count). The lowest BCUT2D eigenvalue weighted by molar-refractivity contribution is -0.145. The monoisotopic (exact) mass is 425 g/mol. The van der Waals surface area contributed by atoms with E-state index in [1.807, 2.05) is 0 Å². The largest absolute Gasteiger partial charge is 0.465 e. The lowest BCUT2D eigenvalue weighted by atomic mass is 10.1. The van der Waals surface area contributed by atoms with Crippen LogP contribution < -0.4 is 5.56 Å². The third-order valence-corrected chi connectivity index (χ3v) is 5.10. The summed E-state index contributed by atoms with van der Waals surface area (Å²) >= 11 is 0. The average Bonchev–Trinajstić information content (AvgIpc) is 3.04. The van der Waals surface area contributed by atoms with Gasteiger partial charge < -0.3 is 14.5 Å². The van der Waals surface area contributed by atoms with Gasteiger partial charge >= 0.3 is 11.9 Å². The molecule has 1 atom stereocenters. The molecular formula is C22H23N3O6. The molecule has 9 nitrogen and oxygen atoms in total. The highest BCUT2D eigenvalue weighted by Crippen LogP contribution is 2.21. The third kappa shape index (κ3) is 4.11. The van der Waals surface area contributed by atoms with E-state index in [-0.39, 0.29) is 23.2 Å². The Morgan fingerprint density at radius 1 is 1.16 bits per heavy atom. The maximum absolute atomic E-state index is 12.8. The summed E-state index contributed by atoms with van der Waals surface area (Å²) in [7, 11) is 2.77. The van der Waals surface area contributed by atoms with Gasteiger partial charge in [-0.05, 0) is 32.4 Å². The topological polar surface area (TPSA) is 120 Å². The van der Waals surface area contributed by atoms with Crippen LogP contribution in [-0.4, -0.2) is 45.7 Å². The fraction of sp³-hybridized carbons (Fsp3) is 0.318. The number of benzene rings is 1. The molecule has 9 heteroatoms. The molecular weight excluding hydrogens is 402 g/mol. The SMILES string of the molecule is COC(=O)c1c(C)[nH]c(C(=O)[C@H](C)OC(=O)Cc2nn(C)c(=O)c3ccccc23)c1C. The second kappa shape index (κ2) is 8.55. The highest BCUT2D eigenvalue weighted by molar-refractivity contribution is 6.04. The standard InChI is InChI=1S/C22H23N3O6/c1-11-18(22(29)30-5)12(2)23-19(11)20(27)13(3)31-17(26)10-16-14-8-6-7-9-15(14)21(28)25(4)24-16/h6-9,13,23H,10H2,1-5H3/t13-/m0/s1. The molecule has 2 heterocycles. The number of fused-ring (bicyclic) bond motifs is 1. The molecule has 0 aliphatic heterocycles. The van der Waals surface area contributed by atoms with Crippen molar-refractivity contribution in [2.75, 3.05) is 7.11 Å². The van der Waals surface area contributed by atoms with E-state index in [1.54, 1.807) is 38.1 Å². The van der Waals surface area contributed by atoms with Crippen LogP contribution in [0.2, 0.25) is 0 Å². The van der Waals surface area contributed by atoms with Crippen LogP contribution in [0.1, 0.15) is 44.7 Å². The Morgan fingerprint density at radius 2 is 1.81 bits per heavy atom. The molecule has 0 unspecified atom stereocenters. The molecule has 0 aliphatic rings. The number of aromatic amines is 1. The molecule has 3 aromatic rings. The minimum Gasteiger partial charge on any atom is -0.465 e. The van der Waals surface area contributed by atoms with Crippen molar-refractivity contribution in [2.24, 2.45) is 7.05 Å². The highest BCUT2D eigenvalue weighted by Gasteiger charge is 2.27.